The van der Waals surface area contributed by atoms with E-state index in [9.17, 15) is 9.59 Å². The Kier molecular flexibility index (Phi) is 6.31. The minimum absolute atomic E-state index is 0.0137. The van der Waals surface area contributed by atoms with E-state index in [2.05, 4.69) is 64.0 Å². The van der Waals surface area contributed by atoms with Gasteiger partial charge in [-0.25, -0.2) is 0 Å². The van der Waals surface area contributed by atoms with Crippen molar-refractivity contribution < 1.29 is 9.59 Å². The fraction of sp³-hybridized carbons (Fsp3) is 0.321. The summed E-state index contributed by atoms with van der Waals surface area (Å²) in [6.07, 6.45) is 0.933. The number of Topliss-reactive ketones (excluding diaryl/α,β-unsaturated/α-hetero) is 1. The van der Waals surface area contributed by atoms with Gasteiger partial charge in [0.25, 0.3) is 5.91 Å². The molecule has 1 amide bonds. The number of amides is 1. The number of ketones is 1. The Morgan fingerprint density at radius 3 is 2.44 bits per heavy atom. The SMILES string of the molecule is CC(=O)c1cc2c(s1)SCC1C(C(=O)N3CCN(c4ccc(Cc5ccccc5)cc4)CC3)=NNC21. The molecular weight excluding hydrogens is 488 g/mol. The number of hydrazone groups is 1. The van der Waals surface area contributed by atoms with Gasteiger partial charge in [0.05, 0.1) is 15.1 Å². The molecule has 2 atom stereocenters. The number of benzene rings is 2. The summed E-state index contributed by atoms with van der Waals surface area (Å²) in [6.45, 7) is 4.60. The molecule has 0 saturated carbocycles. The monoisotopic (exact) mass is 516 g/mol. The first-order valence-corrected chi connectivity index (χ1v) is 14.1. The molecule has 1 saturated heterocycles. The number of thiophene rings is 1. The van der Waals surface area contributed by atoms with Crippen LogP contribution in [0.15, 0.2) is 70.0 Å². The summed E-state index contributed by atoms with van der Waals surface area (Å²) >= 11 is 3.29. The van der Waals surface area contributed by atoms with E-state index in [0.29, 0.717) is 18.8 Å². The number of nitrogens with one attached hydrogen (secondary N) is 1. The first-order valence-electron chi connectivity index (χ1n) is 12.3. The van der Waals surface area contributed by atoms with E-state index in [0.717, 1.165) is 35.7 Å². The normalized spacial score (nSPS) is 20.9. The zero-order chi connectivity index (χ0) is 24.6. The fourth-order valence-electron chi connectivity index (χ4n) is 5.18. The second-order valence-corrected chi connectivity index (χ2v) is 11.9. The topological polar surface area (TPSA) is 65.0 Å². The van der Waals surface area contributed by atoms with Crippen molar-refractivity contribution >= 4 is 46.2 Å². The Hall–Kier alpha value is -3.10. The van der Waals surface area contributed by atoms with Crippen molar-refractivity contribution in [3.05, 3.63) is 82.2 Å². The van der Waals surface area contributed by atoms with Crippen LogP contribution in [0.5, 0.6) is 0 Å². The Morgan fingerprint density at radius 2 is 1.72 bits per heavy atom. The van der Waals surface area contributed by atoms with Gasteiger partial charge in [-0.1, -0.05) is 42.5 Å². The maximum absolute atomic E-state index is 13.4. The Balaban J connectivity index is 1.06. The van der Waals surface area contributed by atoms with Crippen LogP contribution in [0.4, 0.5) is 5.69 Å². The van der Waals surface area contributed by atoms with E-state index >= 15 is 0 Å². The Morgan fingerprint density at radius 1 is 1.00 bits per heavy atom. The lowest BCUT2D eigenvalue weighted by Gasteiger charge is -2.36. The zero-order valence-electron chi connectivity index (χ0n) is 20.1. The van der Waals surface area contributed by atoms with Crippen LogP contribution in [-0.2, 0) is 11.2 Å². The number of rotatable bonds is 5. The lowest BCUT2D eigenvalue weighted by atomic mass is 9.92. The molecule has 1 fully saturated rings. The highest BCUT2D eigenvalue weighted by molar-refractivity contribution is 8.01. The van der Waals surface area contributed by atoms with Gasteiger partial charge < -0.3 is 15.2 Å². The molecular formula is C28H28N4O2S2. The first-order chi connectivity index (χ1) is 17.6. The number of thioether (sulfide) groups is 1. The molecule has 0 bridgehead atoms. The molecule has 1 aromatic heterocycles. The number of fused-ring (bicyclic) bond motifs is 3. The molecule has 0 radical (unpaired) electrons. The van der Waals surface area contributed by atoms with E-state index in [1.54, 1.807) is 30.0 Å². The van der Waals surface area contributed by atoms with Crippen LogP contribution in [-0.4, -0.2) is 54.2 Å². The molecule has 2 aromatic carbocycles. The van der Waals surface area contributed by atoms with Gasteiger partial charge >= 0.3 is 0 Å². The maximum Gasteiger partial charge on any atom is 0.270 e. The van der Waals surface area contributed by atoms with Gasteiger partial charge in [0.1, 0.15) is 5.71 Å². The number of hydrogen-bond acceptors (Lipinski definition) is 7. The maximum atomic E-state index is 13.4. The minimum atomic E-state index is -0.0137. The van der Waals surface area contributed by atoms with Gasteiger partial charge in [-0.2, -0.15) is 5.10 Å². The highest BCUT2D eigenvalue weighted by atomic mass is 32.2. The molecule has 6 rings (SSSR count). The predicted octanol–water partition coefficient (Wildman–Crippen LogP) is 4.61. The number of carbonyl (C=O) groups is 2. The molecule has 184 valence electrons. The summed E-state index contributed by atoms with van der Waals surface area (Å²) in [5, 5.41) is 4.50. The van der Waals surface area contributed by atoms with Crippen molar-refractivity contribution in [2.24, 2.45) is 11.0 Å². The van der Waals surface area contributed by atoms with Gasteiger partial charge in [-0.3, -0.25) is 9.59 Å². The van der Waals surface area contributed by atoms with E-state index < -0.39 is 0 Å². The van der Waals surface area contributed by atoms with Crippen molar-refractivity contribution in [1.82, 2.24) is 10.3 Å². The molecule has 6 nitrogen and oxygen atoms in total. The average molecular weight is 517 g/mol. The zero-order valence-corrected chi connectivity index (χ0v) is 21.8. The summed E-state index contributed by atoms with van der Waals surface area (Å²) in [4.78, 5) is 30.3. The van der Waals surface area contributed by atoms with E-state index in [-0.39, 0.29) is 23.7 Å². The van der Waals surface area contributed by atoms with Crippen LogP contribution >= 0.6 is 23.1 Å². The summed E-state index contributed by atoms with van der Waals surface area (Å²) in [6, 6.07) is 21.3. The summed E-state index contributed by atoms with van der Waals surface area (Å²) < 4.78 is 1.17. The number of anilines is 1. The van der Waals surface area contributed by atoms with Crippen LogP contribution in [0.2, 0.25) is 0 Å². The summed E-state index contributed by atoms with van der Waals surface area (Å²) in [5.41, 5.74) is 8.77. The van der Waals surface area contributed by atoms with Crippen LogP contribution in [0.3, 0.4) is 0 Å². The van der Waals surface area contributed by atoms with Crippen molar-refractivity contribution in [2.75, 3.05) is 36.8 Å². The standard InChI is InChI=1S/C28H28N4O2S2/c1-18(33)24-16-22-25-23(17-35-28(22)36-24)26(30-29-25)27(34)32-13-11-31(12-14-32)21-9-7-20(8-10-21)15-19-5-3-2-4-6-19/h2-10,16,23,25,29H,11-15,17H2,1H3. The number of carbonyl (C=O) groups excluding carboxylic acids is 2. The highest BCUT2D eigenvalue weighted by Crippen LogP contribution is 2.46. The third kappa shape index (κ3) is 4.44. The van der Waals surface area contributed by atoms with Crippen molar-refractivity contribution in [3.63, 3.8) is 0 Å². The third-order valence-corrected chi connectivity index (χ3v) is 9.89. The molecule has 0 aliphatic carbocycles. The molecule has 3 aromatic rings. The van der Waals surface area contributed by atoms with Gasteiger partial charge in [0.2, 0.25) is 0 Å². The minimum Gasteiger partial charge on any atom is -0.368 e. The molecule has 0 spiro atoms. The van der Waals surface area contributed by atoms with Crippen molar-refractivity contribution in [3.8, 4) is 0 Å². The highest BCUT2D eigenvalue weighted by Gasteiger charge is 2.43. The quantitative estimate of drug-likeness (QED) is 0.502. The molecule has 36 heavy (non-hydrogen) atoms. The molecule has 4 heterocycles. The summed E-state index contributed by atoms with van der Waals surface area (Å²) in [7, 11) is 0. The van der Waals surface area contributed by atoms with Crippen LogP contribution < -0.4 is 10.3 Å². The second-order valence-electron chi connectivity index (χ2n) is 9.54. The Labute approximate surface area is 219 Å². The predicted molar refractivity (Wildman–Crippen MR) is 146 cm³/mol. The first kappa shape index (κ1) is 23.3. The van der Waals surface area contributed by atoms with E-state index in [1.165, 1.54) is 21.0 Å². The third-order valence-electron chi connectivity index (χ3n) is 7.22. The van der Waals surface area contributed by atoms with Crippen LogP contribution in [0, 0.1) is 5.92 Å². The second kappa shape index (κ2) is 9.75. The number of nitrogens with zero attached hydrogens (tertiary/aromatic N) is 3. The average Bonchev–Trinajstić information content (AvgIpc) is 3.54. The van der Waals surface area contributed by atoms with Crippen LogP contribution in [0.1, 0.15) is 39.3 Å². The van der Waals surface area contributed by atoms with Gasteiger partial charge in [-0.15, -0.1) is 23.1 Å². The Bertz CT molecular complexity index is 1310. The van der Waals surface area contributed by atoms with E-state index in [1.807, 2.05) is 17.0 Å². The lowest BCUT2D eigenvalue weighted by molar-refractivity contribution is -0.124. The van der Waals surface area contributed by atoms with Gasteiger partial charge in [-0.05, 0) is 42.7 Å². The van der Waals surface area contributed by atoms with Crippen molar-refractivity contribution in [1.29, 1.82) is 0 Å². The number of hydrogen-bond donors (Lipinski definition) is 1. The van der Waals surface area contributed by atoms with E-state index in [4.69, 9.17) is 0 Å². The van der Waals surface area contributed by atoms with Gasteiger partial charge in [0, 0.05) is 49.1 Å². The van der Waals surface area contributed by atoms with Crippen LogP contribution in [0.25, 0.3) is 0 Å². The molecule has 3 aliphatic rings. The molecule has 2 unspecified atom stereocenters. The molecule has 1 N–H and O–H groups in total. The largest absolute Gasteiger partial charge is 0.368 e. The summed E-state index contributed by atoms with van der Waals surface area (Å²) in [5.74, 6) is 0.978. The smallest absolute Gasteiger partial charge is 0.270 e. The van der Waals surface area contributed by atoms with Crippen molar-refractivity contribution in [2.45, 2.75) is 23.6 Å². The fourth-order valence-corrected chi connectivity index (χ4v) is 7.76. The lowest BCUT2D eigenvalue weighted by Crippen LogP contribution is -2.51. The molecule has 8 heteroatoms. The number of piperazine rings is 1. The molecule has 3 aliphatic heterocycles. The van der Waals surface area contributed by atoms with Gasteiger partial charge in [0.15, 0.2) is 5.78 Å².